The Morgan fingerprint density at radius 3 is 3.00 bits per heavy atom. The Bertz CT molecular complexity index is 254. The van der Waals surface area contributed by atoms with E-state index in [9.17, 15) is 4.79 Å². The van der Waals surface area contributed by atoms with Crippen molar-refractivity contribution in [2.24, 2.45) is 0 Å². The lowest BCUT2D eigenvalue weighted by Crippen LogP contribution is -2.28. The number of ketones is 1. The molecule has 1 N–H and O–H groups in total. The number of rotatable bonds is 5. The number of Topliss-reactive ketones (excluding diaryl/α,β-unsaturated/α-hetero) is 1. The molecule has 1 atom stereocenters. The number of carbonyl (C=O) groups excluding carboxylic acids is 1. The van der Waals surface area contributed by atoms with E-state index in [-0.39, 0.29) is 11.8 Å². The topological polar surface area (TPSA) is 42.2 Å². The molecule has 0 aliphatic heterocycles. The van der Waals surface area contributed by atoms with Gasteiger partial charge in [0.2, 0.25) is 0 Å². The minimum absolute atomic E-state index is 0.127. The van der Waals surface area contributed by atoms with Crippen molar-refractivity contribution in [2.75, 3.05) is 6.54 Å². The number of nitrogens with one attached hydrogen (secondary N) is 1. The molecule has 1 unspecified atom stereocenters. The van der Waals surface area contributed by atoms with Gasteiger partial charge in [0.25, 0.3) is 0 Å². The van der Waals surface area contributed by atoms with E-state index in [0.717, 1.165) is 6.54 Å². The zero-order chi connectivity index (χ0) is 9.68. The first-order chi connectivity index (χ1) is 6.24. The molecular weight excluding hydrogens is 166 g/mol. The van der Waals surface area contributed by atoms with Crippen LogP contribution >= 0.6 is 0 Å². The van der Waals surface area contributed by atoms with Crippen LogP contribution in [-0.2, 0) is 0 Å². The maximum atomic E-state index is 11.5. The Hall–Kier alpha value is -1.09. The Morgan fingerprint density at radius 1 is 1.69 bits per heavy atom. The molecule has 0 spiro atoms. The molecule has 3 heteroatoms. The van der Waals surface area contributed by atoms with Gasteiger partial charge in [-0.2, -0.15) is 0 Å². The largest absolute Gasteiger partial charge is 0.472 e. The van der Waals surface area contributed by atoms with Gasteiger partial charge in [-0.25, -0.2) is 0 Å². The van der Waals surface area contributed by atoms with Gasteiger partial charge in [0.1, 0.15) is 6.26 Å². The van der Waals surface area contributed by atoms with E-state index in [2.05, 4.69) is 5.32 Å². The normalized spacial score (nSPS) is 12.8. The number of hydrogen-bond acceptors (Lipinski definition) is 3. The average Bonchev–Trinajstić information content (AvgIpc) is 2.55. The maximum absolute atomic E-state index is 11.5. The zero-order valence-electron chi connectivity index (χ0n) is 8.04. The number of carbonyl (C=O) groups is 1. The first-order valence-corrected chi connectivity index (χ1v) is 4.52. The second-order valence-electron chi connectivity index (χ2n) is 3.10. The molecule has 0 saturated heterocycles. The summed E-state index contributed by atoms with van der Waals surface area (Å²) in [6.45, 7) is 4.92. The fourth-order valence-corrected chi connectivity index (χ4v) is 1.24. The maximum Gasteiger partial charge on any atom is 0.167 e. The van der Waals surface area contributed by atoms with Gasteiger partial charge in [-0.15, -0.1) is 0 Å². The summed E-state index contributed by atoms with van der Waals surface area (Å²) in [6.07, 6.45) is 3.53. The van der Waals surface area contributed by atoms with Crippen LogP contribution in [0.2, 0.25) is 0 Å². The lowest BCUT2D eigenvalue weighted by atomic mass is 10.1. The van der Waals surface area contributed by atoms with Gasteiger partial charge in [0.05, 0.1) is 11.8 Å². The molecule has 1 aromatic rings. The predicted molar refractivity (Wildman–Crippen MR) is 50.8 cm³/mol. The van der Waals surface area contributed by atoms with Crippen LogP contribution in [0.3, 0.4) is 0 Å². The molecule has 13 heavy (non-hydrogen) atoms. The molecule has 0 fully saturated rings. The quantitative estimate of drug-likeness (QED) is 0.705. The second-order valence-corrected chi connectivity index (χ2v) is 3.10. The molecule has 1 aromatic heterocycles. The molecule has 0 aromatic carbocycles. The highest BCUT2D eigenvalue weighted by Gasteiger charge is 2.10. The van der Waals surface area contributed by atoms with Crippen molar-refractivity contribution < 1.29 is 9.21 Å². The summed E-state index contributed by atoms with van der Waals surface area (Å²) in [5.74, 6) is 0.127. The van der Waals surface area contributed by atoms with Crippen LogP contribution in [0.25, 0.3) is 0 Å². The van der Waals surface area contributed by atoms with Crippen molar-refractivity contribution in [3.05, 3.63) is 24.2 Å². The highest BCUT2D eigenvalue weighted by atomic mass is 16.3. The van der Waals surface area contributed by atoms with Crippen LogP contribution < -0.4 is 5.32 Å². The van der Waals surface area contributed by atoms with E-state index >= 15 is 0 Å². The Morgan fingerprint density at radius 2 is 2.46 bits per heavy atom. The van der Waals surface area contributed by atoms with Crippen LogP contribution in [0.4, 0.5) is 0 Å². The summed E-state index contributed by atoms with van der Waals surface area (Å²) in [5.41, 5.74) is 0.657. The first-order valence-electron chi connectivity index (χ1n) is 4.52. The Balaban J connectivity index is 2.42. The van der Waals surface area contributed by atoms with E-state index in [4.69, 9.17) is 4.42 Å². The Labute approximate surface area is 78.1 Å². The summed E-state index contributed by atoms with van der Waals surface area (Å²) in [6, 6.07) is 1.92. The van der Waals surface area contributed by atoms with Crippen molar-refractivity contribution in [2.45, 2.75) is 26.3 Å². The fourth-order valence-electron chi connectivity index (χ4n) is 1.24. The minimum Gasteiger partial charge on any atom is -0.472 e. The highest BCUT2D eigenvalue weighted by molar-refractivity contribution is 5.95. The minimum atomic E-state index is 0.127. The molecule has 0 radical (unpaired) electrons. The van der Waals surface area contributed by atoms with Gasteiger partial charge in [-0.1, -0.05) is 6.92 Å². The predicted octanol–water partition coefficient (Wildman–Crippen LogP) is 1.85. The van der Waals surface area contributed by atoms with Crippen molar-refractivity contribution in [1.29, 1.82) is 0 Å². The van der Waals surface area contributed by atoms with Crippen molar-refractivity contribution >= 4 is 5.78 Å². The average molecular weight is 181 g/mol. The molecule has 0 aliphatic rings. The van der Waals surface area contributed by atoms with E-state index in [1.54, 1.807) is 6.07 Å². The van der Waals surface area contributed by atoms with Crippen molar-refractivity contribution in [3.63, 3.8) is 0 Å². The van der Waals surface area contributed by atoms with Gasteiger partial charge >= 0.3 is 0 Å². The van der Waals surface area contributed by atoms with Crippen LogP contribution in [0, 0.1) is 0 Å². The number of furan rings is 1. The summed E-state index contributed by atoms with van der Waals surface area (Å²) in [4.78, 5) is 11.5. The molecule has 1 heterocycles. The first kappa shape index (κ1) is 9.99. The monoisotopic (exact) mass is 181 g/mol. The summed E-state index contributed by atoms with van der Waals surface area (Å²) in [5, 5.41) is 3.19. The van der Waals surface area contributed by atoms with Crippen LogP contribution in [-0.4, -0.2) is 18.4 Å². The third-order valence-corrected chi connectivity index (χ3v) is 1.89. The molecule has 72 valence electrons. The smallest absolute Gasteiger partial charge is 0.167 e. The summed E-state index contributed by atoms with van der Waals surface area (Å²) in [7, 11) is 0. The van der Waals surface area contributed by atoms with Crippen molar-refractivity contribution in [3.8, 4) is 0 Å². The van der Waals surface area contributed by atoms with E-state index in [1.165, 1.54) is 12.5 Å². The molecule has 0 amide bonds. The molecule has 0 saturated carbocycles. The second kappa shape index (κ2) is 4.82. The molecular formula is C10H15NO2. The van der Waals surface area contributed by atoms with Gasteiger partial charge in [-0.05, 0) is 19.5 Å². The third kappa shape index (κ3) is 3.03. The fraction of sp³-hybridized carbons (Fsp3) is 0.500. The van der Waals surface area contributed by atoms with E-state index in [1.807, 2.05) is 13.8 Å². The van der Waals surface area contributed by atoms with Gasteiger partial charge < -0.3 is 9.73 Å². The summed E-state index contributed by atoms with van der Waals surface area (Å²) < 4.78 is 4.84. The lowest BCUT2D eigenvalue weighted by molar-refractivity contribution is 0.0971. The third-order valence-electron chi connectivity index (χ3n) is 1.89. The highest BCUT2D eigenvalue weighted by Crippen LogP contribution is 2.05. The van der Waals surface area contributed by atoms with Crippen LogP contribution in [0.1, 0.15) is 30.6 Å². The van der Waals surface area contributed by atoms with Gasteiger partial charge in [-0.3, -0.25) is 4.79 Å². The van der Waals surface area contributed by atoms with Gasteiger partial charge in [0, 0.05) is 12.5 Å². The van der Waals surface area contributed by atoms with Crippen LogP contribution in [0.15, 0.2) is 23.0 Å². The molecule has 1 rings (SSSR count). The van der Waals surface area contributed by atoms with E-state index in [0.29, 0.717) is 12.0 Å². The molecule has 3 nitrogen and oxygen atoms in total. The molecule has 0 aliphatic carbocycles. The number of hydrogen-bond donors (Lipinski definition) is 1. The zero-order valence-corrected chi connectivity index (χ0v) is 8.04. The lowest BCUT2D eigenvalue weighted by Gasteiger charge is -2.09. The van der Waals surface area contributed by atoms with Gasteiger partial charge in [0.15, 0.2) is 5.78 Å². The molecule has 0 bridgehead atoms. The van der Waals surface area contributed by atoms with E-state index < -0.39 is 0 Å². The summed E-state index contributed by atoms with van der Waals surface area (Å²) >= 11 is 0. The standard InChI is InChI=1S/C10H15NO2/c1-3-11-8(2)6-10(12)9-4-5-13-7-9/h4-5,7-8,11H,3,6H2,1-2H3. The Kier molecular flexibility index (Phi) is 3.71. The van der Waals surface area contributed by atoms with Crippen LogP contribution in [0.5, 0.6) is 0 Å². The van der Waals surface area contributed by atoms with Crippen molar-refractivity contribution in [1.82, 2.24) is 5.32 Å². The SMILES string of the molecule is CCNC(C)CC(=O)c1ccoc1.